The highest BCUT2D eigenvalue weighted by atomic mass is 35.5. The van der Waals surface area contributed by atoms with Gasteiger partial charge in [-0.2, -0.15) is 5.26 Å². The number of rotatable bonds is 2. The zero-order chi connectivity index (χ0) is 14.9. The minimum absolute atomic E-state index is 0.336. The summed E-state index contributed by atoms with van der Waals surface area (Å²) in [4.78, 5) is 13.2. The third-order valence-corrected chi connectivity index (χ3v) is 4.25. The number of aryl methyl sites for hydroxylation is 1. The second kappa shape index (κ2) is 5.53. The maximum atomic E-state index is 12.2. The highest BCUT2D eigenvalue weighted by Crippen LogP contribution is 2.32. The number of nitriles is 1. The fourth-order valence-electron chi connectivity index (χ4n) is 1.77. The number of anilines is 2. The van der Waals surface area contributed by atoms with Crippen molar-refractivity contribution in [1.29, 1.82) is 5.26 Å². The maximum Gasteiger partial charge on any atom is 0.256 e. The van der Waals surface area contributed by atoms with Gasteiger partial charge in [-0.3, -0.25) is 4.79 Å². The fraction of sp³-hybridized carbons (Fsp3) is 0.143. The molecule has 0 bridgehead atoms. The Morgan fingerprint density at radius 3 is 2.70 bits per heavy atom. The van der Waals surface area contributed by atoms with Gasteiger partial charge in [0.05, 0.1) is 5.56 Å². The van der Waals surface area contributed by atoms with Gasteiger partial charge in [0.1, 0.15) is 11.1 Å². The Kier molecular flexibility index (Phi) is 3.98. The number of halogens is 1. The summed E-state index contributed by atoms with van der Waals surface area (Å²) < 4.78 is 0. The van der Waals surface area contributed by atoms with Crippen LogP contribution >= 0.6 is 22.9 Å². The van der Waals surface area contributed by atoms with Gasteiger partial charge in [0, 0.05) is 21.2 Å². The van der Waals surface area contributed by atoms with Crippen molar-refractivity contribution in [3.8, 4) is 6.07 Å². The summed E-state index contributed by atoms with van der Waals surface area (Å²) in [5.74, 6) is -0.336. The normalized spacial score (nSPS) is 10.1. The molecule has 6 heteroatoms. The summed E-state index contributed by atoms with van der Waals surface area (Å²) in [6, 6.07) is 6.75. The SMILES string of the molecule is Cc1sc(NC(=O)c2cc(N)cc(Cl)c2)c(C#N)c1C. The van der Waals surface area contributed by atoms with E-state index in [0.717, 1.165) is 10.4 Å². The minimum Gasteiger partial charge on any atom is -0.399 e. The molecule has 0 fully saturated rings. The molecule has 0 radical (unpaired) electrons. The number of carbonyl (C=O) groups excluding carboxylic acids is 1. The molecule has 2 rings (SSSR count). The smallest absolute Gasteiger partial charge is 0.256 e. The van der Waals surface area contributed by atoms with Crippen LogP contribution in [0.2, 0.25) is 5.02 Å². The summed E-state index contributed by atoms with van der Waals surface area (Å²) in [6.45, 7) is 3.77. The Hall–Kier alpha value is -2.03. The average Bonchev–Trinajstić information content (AvgIpc) is 2.63. The molecule has 0 unspecified atom stereocenters. The van der Waals surface area contributed by atoms with E-state index in [1.54, 1.807) is 12.1 Å². The lowest BCUT2D eigenvalue weighted by molar-refractivity contribution is 0.102. The summed E-state index contributed by atoms with van der Waals surface area (Å²) in [7, 11) is 0. The third-order valence-electron chi connectivity index (χ3n) is 2.91. The first-order valence-electron chi connectivity index (χ1n) is 5.80. The molecule has 0 aliphatic rings. The zero-order valence-electron chi connectivity index (χ0n) is 11.0. The van der Waals surface area contributed by atoms with Crippen molar-refractivity contribution in [2.45, 2.75) is 13.8 Å². The number of nitrogens with one attached hydrogen (secondary N) is 1. The number of nitrogens with two attached hydrogens (primary N) is 1. The van der Waals surface area contributed by atoms with E-state index in [2.05, 4.69) is 11.4 Å². The Morgan fingerprint density at radius 2 is 2.10 bits per heavy atom. The zero-order valence-corrected chi connectivity index (χ0v) is 12.5. The van der Waals surface area contributed by atoms with Crippen molar-refractivity contribution in [2.24, 2.45) is 0 Å². The molecule has 0 aliphatic heterocycles. The second-order valence-electron chi connectivity index (χ2n) is 4.33. The molecular weight excluding hydrogens is 294 g/mol. The van der Waals surface area contributed by atoms with E-state index in [1.807, 2.05) is 13.8 Å². The molecule has 2 aromatic rings. The standard InChI is InChI=1S/C14H12ClN3OS/c1-7-8(2)20-14(12(7)6-16)18-13(19)9-3-10(15)5-11(17)4-9/h3-5H,17H2,1-2H3,(H,18,19). The lowest BCUT2D eigenvalue weighted by Crippen LogP contribution is -2.12. The van der Waals surface area contributed by atoms with Crippen molar-refractivity contribution in [2.75, 3.05) is 11.1 Å². The van der Waals surface area contributed by atoms with Crippen LogP contribution in [0.15, 0.2) is 18.2 Å². The molecule has 102 valence electrons. The predicted molar refractivity (Wildman–Crippen MR) is 82.3 cm³/mol. The first-order chi connectivity index (χ1) is 9.42. The minimum atomic E-state index is -0.336. The number of amides is 1. The van der Waals surface area contributed by atoms with Gasteiger partial charge < -0.3 is 11.1 Å². The van der Waals surface area contributed by atoms with Crippen LogP contribution in [0.5, 0.6) is 0 Å². The van der Waals surface area contributed by atoms with Gasteiger partial charge >= 0.3 is 0 Å². The van der Waals surface area contributed by atoms with E-state index in [4.69, 9.17) is 22.6 Å². The largest absolute Gasteiger partial charge is 0.399 e. The molecule has 0 saturated carbocycles. The number of hydrogen-bond acceptors (Lipinski definition) is 4. The van der Waals surface area contributed by atoms with Crippen molar-refractivity contribution in [3.05, 3.63) is 44.8 Å². The van der Waals surface area contributed by atoms with Crippen molar-refractivity contribution >= 4 is 39.5 Å². The molecule has 0 saturated heterocycles. The Labute approximate surface area is 125 Å². The van der Waals surface area contributed by atoms with Crippen LogP contribution in [0.25, 0.3) is 0 Å². The molecule has 1 aromatic heterocycles. The highest BCUT2D eigenvalue weighted by Gasteiger charge is 2.16. The first kappa shape index (κ1) is 14.4. The van der Waals surface area contributed by atoms with E-state index in [9.17, 15) is 4.79 Å². The number of hydrogen-bond donors (Lipinski definition) is 2. The molecule has 0 spiro atoms. The molecular formula is C14H12ClN3OS. The van der Waals surface area contributed by atoms with E-state index < -0.39 is 0 Å². The van der Waals surface area contributed by atoms with Crippen molar-refractivity contribution in [3.63, 3.8) is 0 Å². The first-order valence-corrected chi connectivity index (χ1v) is 6.99. The Balaban J connectivity index is 2.33. The summed E-state index contributed by atoms with van der Waals surface area (Å²) in [5.41, 5.74) is 7.83. The topological polar surface area (TPSA) is 78.9 Å². The van der Waals surface area contributed by atoms with Gasteiger partial charge in [-0.15, -0.1) is 11.3 Å². The predicted octanol–water partition coefficient (Wildman–Crippen LogP) is 3.72. The third kappa shape index (κ3) is 2.77. The average molecular weight is 306 g/mol. The van der Waals surface area contributed by atoms with E-state index >= 15 is 0 Å². The number of thiophene rings is 1. The summed E-state index contributed by atoms with van der Waals surface area (Å²) in [6.07, 6.45) is 0. The van der Waals surface area contributed by atoms with Crippen LogP contribution in [-0.4, -0.2) is 5.91 Å². The van der Waals surface area contributed by atoms with Crippen LogP contribution in [0.3, 0.4) is 0 Å². The number of benzene rings is 1. The molecule has 1 aromatic carbocycles. The summed E-state index contributed by atoms with van der Waals surface area (Å²) >= 11 is 7.25. The van der Waals surface area contributed by atoms with Crippen LogP contribution in [0.1, 0.15) is 26.4 Å². The number of carbonyl (C=O) groups is 1. The van der Waals surface area contributed by atoms with Crippen LogP contribution < -0.4 is 11.1 Å². The highest BCUT2D eigenvalue weighted by molar-refractivity contribution is 7.16. The van der Waals surface area contributed by atoms with E-state index in [-0.39, 0.29) is 5.91 Å². The number of nitrogens with zero attached hydrogens (tertiary/aromatic N) is 1. The molecule has 1 amide bonds. The fourth-order valence-corrected chi connectivity index (χ4v) is 3.02. The van der Waals surface area contributed by atoms with Gasteiger partial charge in [0.15, 0.2) is 0 Å². The Bertz CT molecular complexity index is 711. The molecule has 0 atom stereocenters. The van der Waals surface area contributed by atoms with Crippen molar-refractivity contribution < 1.29 is 4.79 Å². The van der Waals surface area contributed by atoms with Crippen LogP contribution in [0.4, 0.5) is 10.7 Å². The van der Waals surface area contributed by atoms with Gasteiger partial charge in [-0.1, -0.05) is 11.6 Å². The second-order valence-corrected chi connectivity index (χ2v) is 5.99. The molecule has 3 N–H and O–H groups in total. The van der Waals surface area contributed by atoms with Crippen molar-refractivity contribution in [1.82, 2.24) is 0 Å². The Morgan fingerprint density at radius 1 is 1.40 bits per heavy atom. The molecule has 1 heterocycles. The lowest BCUT2D eigenvalue weighted by atomic mass is 10.1. The summed E-state index contributed by atoms with van der Waals surface area (Å²) in [5, 5.41) is 12.8. The van der Waals surface area contributed by atoms with Crippen LogP contribution in [-0.2, 0) is 0 Å². The van der Waals surface area contributed by atoms with Gasteiger partial charge in [-0.25, -0.2) is 0 Å². The monoisotopic (exact) mass is 305 g/mol. The lowest BCUT2D eigenvalue weighted by Gasteiger charge is -2.05. The quantitative estimate of drug-likeness (QED) is 0.830. The molecule has 0 aliphatic carbocycles. The van der Waals surface area contributed by atoms with Gasteiger partial charge in [-0.05, 0) is 37.6 Å². The maximum absolute atomic E-state index is 12.2. The molecule has 4 nitrogen and oxygen atoms in total. The van der Waals surface area contributed by atoms with Crippen LogP contribution in [0, 0.1) is 25.2 Å². The van der Waals surface area contributed by atoms with Gasteiger partial charge in [0.2, 0.25) is 0 Å². The van der Waals surface area contributed by atoms with E-state index in [0.29, 0.717) is 26.8 Å². The molecule has 20 heavy (non-hydrogen) atoms. The number of nitrogen functional groups attached to an aromatic ring is 1. The van der Waals surface area contributed by atoms with E-state index in [1.165, 1.54) is 17.4 Å². The van der Waals surface area contributed by atoms with Gasteiger partial charge in [0.25, 0.3) is 5.91 Å².